The van der Waals surface area contributed by atoms with E-state index >= 15 is 0 Å². The third-order valence-corrected chi connectivity index (χ3v) is 6.32. The maximum absolute atomic E-state index is 12.9. The van der Waals surface area contributed by atoms with Crippen molar-refractivity contribution < 1.29 is 9.53 Å². The molecular weight excluding hydrogens is 364 g/mol. The monoisotopic (exact) mass is 394 g/mol. The van der Waals surface area contributed by atoms with Crippen LogP contribution < -0.4 is 10.2 Å². The third kappa shape index (κ3) is 4.38. The summed E-state index contributed by atoms with van der Waals surface area (Å²) in [4.78, 5) is 22.7. The highest BCUT2D eigenvalue weighted by Crippen LogP contribution is 2.28. The number of amides is 1. The maximum atomic E-state index is 12.9. The largest absolute Gasteiger partial charge is 0.379 e. The van der Waals surface area contributed by atoms with Gasteiger partial charge in [0, 0.05) is 44.2 Å². The van der Waals surface area contributed by atoms with Crippen molar-refractivity contribution in [1.29, 1.82) is 0 Å². The van der Waals surface area contributed by atoms with Gasteiger partial charge in [-0.2, -0.15) is 0 Å². The summed E-state index contributed by atoms with van der Waals surface area (Å²) in [5.74, 6) is 1.62. The van der Waals surface area contributed by atoms with Crippen LogP contribution in [0, 0.1) is 5.92 Å². The number of benzene rings is 1. The second kappa shape index (κ2) is 8.28. The first-order valence-electron chi connectivity index (χ1n) is 11.0. The standard InChI is InChI=1S/C23H30N4O2/c28-23(24-18-7-8-18)20-14-22(25-21-6-2-1-5-19(20)21)27-9-3-4-17(16-27)15-26-10-12-29-13-11-26/h1-2,5-6,14,17-18H,3-4,7-13,15-16H2,(H,24,28). The van der Waals surface area contributed by atoms with Crippen molar-refractivity contribution in [3.8, 4) is 0 Å². The van der Waals surface area contributed by atoms with Gasteiger partial charge in [-0.05, 0) is 43.7 Å². The van der Waals surface area contributed by atoms with Crippen LogP contribution in [0.2, 0.25) is 0 Å². The minimum absolute atomic E-state index is 0.0363. The molecule has 29 heavy (non-hydrogen) atoms. The van der Waals surface area contributed by atoms with Crippen LogP contribution in [-0.4, -0.2) is 67.8 Å². The van der Waals surface area contributed by atoms with Crippen LogP contribution in [0.4, 0.5) is 5.82 Å². The minimum Gasteiger partial charge on any atom is -0.379 e. The van der Waals surface area contributed by atoms with E-state index in [1.807, 2.05) is 30.3 Å². The second-order valence-corrected chi connectivity index (χ2v) is 8.66. The van der Waals surface area contributed by atoms with Crippen molar-refractivity contribution in [3.63, 3.8) is 0 Å². The summed E-state index contributed by atoms with van der Waals surface area (Å²) in [6, 6.07) is 10.4. The highest BCUT2D eigenvalue weighted by atomic mass is 16.5. The molecule has 2 aliphatic heterocycles. The average Bonchev–Trinajstić information content (AvgIpc) is 3.58. The van der Waals surface area contributed by atoms with E-state index in [0.29, 0.717) is 12.0 Å². The Kier molecular flexibility index (Phi) is 5.38. The third-order valence-electron chi connectivity index (χ3n) is 6.32. The molecule has 1 N–H and O–H groups in total. The Hall–Kier alpha value is -2.18. The van der Waals surface area contributed by atoms with Crippen molar-refractivity contribution in [1.82, 2.24) is 15.2 Å². The summed E-state index contributed by atoms with van der Waals surface area (Å²) >= 11 is 0. The van der Waals surface area contributed by atoms with Crippen LogP contribution in [0.1, 0.15) is 36.0 Å². The summed E-state index contributed by atoms with van der Waals surface area (Å²) in [6.07, 6.45) is 4.62. The first kappa shape index (κ1) is 18.8. The van der Waals surface area contributed by atoms with Crippen LogP contribution in [0.5, 0.6) is 0 Å². The zero-order valence-electron chi connectivity index (χ0n) is 17.0. The lowest BCUT2D eigenvalue weighted by Crippen LogP contribution is -2.44. The first-order chi connectivity index (χ1) is 14.3. The number of piperidine rings is 1. The van der Waals surface area contributed by atoms with Gasteiger partial charge in [0.1, 0.15) is 5.82 Å². The average molecular weight is 395 g/mol. The molecule has 0 radical (unpaired) electrons. The number of morpholine rings is 1. The van der Waals surface area contributed by atoms with Gasteiger partial charge in [-0.3, -0.25) is 9.69 Å². The number of pyridine rings is 1. The van der Waals surface area contributed by atoms with E-state index in [4.69, 9.17) is 9.72 Å². The number of ether oxygens (including phenoxy) is 1. The van der Waals surface area contributed by atoms with Crippen molar-refractivity contribution >= 4 is 22.6 Å². The van der Waals surface area contributed by atoms with Crippen LogP contribution in [-0.2, 0) is 4.74 Å². The van der Waals surface area contributed by atoms with E-state index in [-0.39, 0.29) is 5.91 Å². The highest BCUT2D eigenvalue weighted by molar-refractivity contribution is 6.07. The normalized spacial score (nSPS) is 23.3. The Morgan fingerprint density at radius 3 is 2.79 bits per heavy atom. The molecule has 5 rings (SSSR count). The van der Waals surface area contributed by atoms with Gasteiger partial charge in [-0.1, -0.05) is 18.2 Å². The van der Waals surface area contributed by atoms with Gasteiger partial charge in [-0.15, -0.1) is 0 Å². The maximum Gasteiger partial charge on any atom is 0.252 e. The zero-order valence-corrected chi connectivity index (χ0v) is 17.0. The Morgan fingerprint density at radius 1 is 1.14 bits per heavy atom. The van der Waals surface area contributed by atoms with Crippen molar-refractivity contribution in [2.75, 3.05) is 50.8 Å². The molecule has 6 nitrogen and oxygen atoms in total. The molecular formula is C23H30N4O2. The Bertz CT molecular complexity index is 876. The molecule has 2 saturated heterocycles. The number of hydrogen-bond donors (Lipinski definition) is 1. The molecule has 1 amide bonds. The number of fused-ring (bicyclic) bond motifs is 1. The van der Waals surface area contributed by atoms with Crippen LogP contribution in [0.15, 0.2) is 30.3 Å². The summed E-state index contributed by atoms with van der Waals surface area (Å²) < 4.78 is 5.49. The smallest absolute Gasteiger partial charge is 0.252 e. The molecule has 0 spiro atoms. The van der Waals surface area contributed by atoms with E-state index in [1.54, 1.807) is 0 Å². The van der Waals surface area contributed by atoms with E-state index < -0.39 is 0 Å². The van der Waals surface area contributed by atoms with Gasteiger partial charge in [0.15, 0.2) is 0 Å². The van der Waals surface area contributed by atoms with E-state index in [1.165, 1.54) is 12.8 Å². The lowest BCUT2D eigenvalue weighted by atomic mass is 9.97. The van der Waals surface area contributed by atoms with Crippen molar-refractivity contribution in [2.45, 2.75) is 31.7 Å². The van der Waals surface area contributed by atoms with Crippen LogP contribution in [0.3, 0.4) is 0 Å². The molecule has 2 aromatic rings. The quantitative estimate of drug-likeness (QED) is 0.845. The number of hydrogen-bond acceptors (Lipinski definition) is 5. The van der Waals surface area contributed by atoms with E-state index in [2.05, 4.69) is 15.1 Å². The first-order valence-corrected chi connectivity index (χ1v) is 11.0. The molecule has 1 aromatic heterocycles. The number of anilines is 1. The lowest BCUT2D eigenvalue weighted by Gasteiger charge is -2.37. The SMILES string of the molecule is O=C(NC1CC1)c1cc(N2CCCC(CN3CCOCC3)C2)nc2ccccc12. The zero-order chi connectivity index (χ0) is 19.6. The predicted molar refractivity (Wildman–Crippen MR) is 114 cm³/mol. The molecule has 3 heterocycles. The fraction of sp³-hybridized carbons (Fsp3) is 0.565. The molecule has 3 fully saturated rings. The molecule has 1 aliphatic carbocycles. The number of para-hydroxylation sites is 1. The molecule has 154 valence electrons. The Balaban J connectivity index is 1.37. The summed E-state index contributed by atoms with van der Waals surface area (Å²) in [7, 11) is 0. The molecule has 1 aromatic carbocycles. The topological polar surface area (TPSA) is 57.7 Å². The predicted octanol–water partition coefficient (Wildman–Crippen LogP) is 2.68. The Labute approximate surface area is 172 Å². The number of aromatic nitrogens is 1. The summed E-state index contributed by atoms with van der Waals surface area (Å²) in [6.45, 7) is 6.92. The molecule has 1 saturated carbocycles. The van der Waals surface area contributed by atoms with Gasteiger partial charge >= 0.3 is 0 Å². The molecule has 1 unspecified atom stereocenters. The molecule has 6 heteroatoms. The van der Waals surface area contributed by atoms with Crippen molar-refractivity contribution in [2.24, 2.45) is 5.92 Å². The molecule has 0 bridgehead atoms. The number of nitrogens with zero attached hydrogens (tertiary/aromatic N) is 3. The van der Waals surface area contributed by atoms with Crippen LogP contribution >= 0.6 is 0 Å². The van der Waals surface area contributed by atoms with Crippen LogP contribution in [0.25, 0.3) is 10.9 Å². The minimum atomic E-state index is 0.0363. The van der Waals surface area contributed by atoms with Gasteiger partial charge in [0.05, 0.1) is 24.3 Å². The second-order valence-electron chi connectivity index (χ2n) is 8.66. The van der Waals surface area contributed by atoms with E-state index in [0.717, 1.165) is 81.1 Å². The van der Waals surface area contributed by atoms with Gasteiger partial charge in [-0.25, -0.2) is 4.98 Å². The lowest BCUT2D eigenvalue weighted by molar-refractivity contribution is 0.0296. The van der Waals surface area contributed by atoms with E-state index in [9.17, 15) is 4.79 Å². The fourth-order valence-corrected chi connectivity index (χ4v) is 4.57. The highest BCUT2D eigenvalue weighted by Gasteiger charge is 2.27. The van der Waals surface area contributed by atoms with Gasteiger partial charge in [0.25, 0.3) is 5.91 Å². The Morgan fingerprint density at radius 2 is 1.97 bits per heavy atom. The number of carbonyl (C=O) groups is 1. The number of nitrogens with one attached hydrogen (secondary N) is 1. The molecule has 1 atom stereocenters. The molecule has 3 aliphatic rings. The van der Waals surface area contributed by atoms with Gasteiger partial charge < -0.3 is 15.0 Å². The fourth-order valence-electron chi connectivity index (χ4n) is 4.57. The van der Waals surface area contributed by atoms with Gasteiger partial charge in [0.2, 0.25) is 0 Å². The summed E-state index contributed by atoms with van der Waals surface area (Å²) in [5, 5.41) is 4.09. The number of carbonyl (C=O) groups excluding carboxylic acids is 1. The summed E-state index contributed by atoms with van der Waals surface area (Å²) in [5.41, 5.74) is 1.66. The number of rotatable bonds is 5. The van der Waals surface area contributed by atoms with Crippen molar-refractivity contribution in [3.05, 3.63) is 35.9 Å².